The van der Waals surface area contributed by atoms with Gasteiger partial charge in [-0.25, -0.2) is 0 Å². The summed E-state index contributed by atoms with van der Waals surface area (Å²) in [7, 11) is 0. The fourth-order valence-electron chi connectivity index (χ4n) is 2.38. The fraction of sp³-hybridized carbons (Fsp3) is 0.562. The lowest BCUT2D eigenvalue weighted by Gasteiger charge is -2.18. The van der Waals surface area contributed by atoms with Crippen molar-refractivity contribution in [2.75, 3.05) is 5.32 Å². The highest BCUT2D eigenvalue weighted by molar-refractivity contribution is 8.00. The van der Waals surface area contributed by atoms with Crippen molar-refractivity contribution in [3.05, 3.63) is 24.3 Å². The minimum absolute atomic E-state index is 0.0977. The highest BCUT2D eigenvalue weighted by atomic mass is 32.2. The molecule has 0 heterocycles. The summed E-state index contributed by atoms with van der Waals surface area (Å²) in [5, 5.41) is 3.67. The zero-order valence-electron chi connectivity index (χ0n) is 12.3. The molecule has 4 heteroatoms. The normalized spacial score (nSPS) is 17.4. The minimum atomic E-state index is -0.459. The third-order valence-corrected chi connectivity index (χ3v) is 5.18. The van der Waals surface area contributed by atoms with Gasteiger partial charge in [-0.15, -0.1) is 11.8 Å². The molecule has 1 aliphatic rings. The molecule has 3 nitrogen and oxygen atoms in total. The third-order valence-electron chi connectivity index (χ3n) is 3.76. The van der Waals surface area contributed by atoms with Gasteiger partial charge in [0.2, 0.25) is 5.91 Å². The van der Waals surface area contributed by atoms with Gasteiger partial charge in [0.15, 0.2) is 0 Å². The van der Waals surface area contributed by atoms with E-state index in [1.165, 1.54) is 25.7 Å². The van der Waals surface area contributed by atoms with Gasteiger partial charge < -0.3 is 11.1 Å². The van der Waals surface area contributed by atoms with Crippen molar-refractivity contribution in [3.8, 4) is 0 Å². The molecule has 1 fully saturated rings. The van der Waals surface area contributed by atoms with Crippen LogP contribution in [0.5, 0.6) is 0 Å². The van der Waals surface area contributed by atoms with Gasteiger partial charge in [-0.3, -0.25) is 4.79 Å². The van der Waals surface area contributed by atoms with Crippen molar-refractivity contribution in [1.82, 2.24) is 0 Å². The standard InChI is InChI=1S/C16H24N2OS/c1-11(2)15(17)16(19)18-13-9-5-6-10-14(13)20-12-7-3-4-8-12/h5-6,9-12,15H,3-4,7-8,17H2,1-2H3,(H,18,19). The number of nitrogens with two attached hydrogens (primary N) is 1. The molecule has 1 aromatic rings. The number of nitrogens with one attached hydrogen (secondary N) is 1. The Morgan fingerprint density at radius 3 is 2.60 bits per heavy atom. The predicted molar refractivity (Wildman–Crippen MR) is 86.0 cm³/mol. The maximum atomic E-state index is 12.1. The zero-order chi connectivity index (χ0) is 14.5. The molecule has 110 valence electrons. The van der Waals surface area contributed by atoms with Crippen molar-refractivity contribution < 1.29 is 4.79 Å². The van der Waals surface area contributed by atoms with E-state index in [0.29, 0.717) is 5.25 Å². The van der Waals surface area contributed by atoms with Gasteiger partial charge in [0, 0.05) is 10.1 Å². The highest BCUT2D eigenvalue weighted by Crippen LogP contribution is 2.38. The average Bonchev–Trinajstić information content (AvgIpc) is 2.92. The summed E-state index contributed by atoms with van der Waals surface area (Å²) in [6, 6.07) is 7.56. The summed E-state index contributed by atoms with van der Waals surface area (Å²) in [6.45, 7) is 3.92. The van der Waals surface area contributed by atoms with Gasteiger partial charge in [0.05, 0.1) is 11.7 Å². The Balaban J connectivity index is 2.05. The summed E-state index contributed by atoms with van der Waals surface area (Å²) < 4.78 is 0. The maximum Gasteiger partial charge on any atom is 0.241 e. The number of benzene rings is 1. The molecular formula is C16H24N2OS. The molecule has 1 saturated carbocycles. The van der Waals surface area contributed by atoms with Crippen LogP contribution in [0.15, 0.2) is 29.2 Å². The molecule has 0 spiro atoms. The SMILES string of the molecule is CC(C)C(N)C(=O)Nc1ccccc1SC1CCCC1. The van der Waals surface area contributed by atoms with Gasteiger partial charge in [0.1, 0.15) is 0 Å². The number of thioether (sulfide) groups is 1. The molecule has 1 amide bonds. The molecule has 0 aliphatic heterocycles. The number of carbonyl (C=O) groups excluding carboxylic acids is 1. The molecule has 0 saturated heterocycles. The smallest absolute Gasteiger partial charge is 0.241 e. The zero-order valence-corrected chi connectivity index (χ0v) is 13.1. The van der Waals surface area contributed by atoms with Gasteiger partial charge >= 0.3 is 0 Å². The van der Waals surface area contributed by atoms with E-state index in [2.05, 4.69) is 11.4 Å². The highest BCUT2D eigenvalue weighted by Gasteiger charge is 2.20. The molecule has 1 aromatic carbocycles. The Hall–Kier alpha value is -1.00. The van der Waals surface area contributed by atoms with Crippen LogP contribution in [0.25, 0.3) is 0 Å². The quantitative estimate of drug-likeness (QED) is 0.871. The van der Waals surface area contributed by atoms with E-state index in [9.17, 15) is 4.79 Å². The molecule has 0 radical (unpaired) electrons. The van der Waals surface area contributed by atoms with Crippen LogP contribution in [-0.4, -0.2) is 17.2 Å². The Morgan fingerprint density at radius 1 is 1.30 bits per heavy atom. The largest absolute Gasteiger partial charge is 0.324 e. The van der Waals surface area contributed by atoms with Gasteiger partial charge in [-0.2, -0.15) is 0 Å². The number of hydrogen-bond donors (Lipinski definition) is 2. The molecule has 0 aromatic heterocycles. The first-order valence-electron chi connectivity index (χ1n) is 7.40. The van der Waals surface area contributed by atoms with E-state index in [1.54, 1.807) is 0 Å². The van der Waals surface area contributed by atoms with Crippen LogP contribution in [0.2, 0.25) is 0 Å². The maximum absolute atomic E-state index is 12.1. The molecule has 1 atom stereocenters. The number of carbonyl (C=O) groups is 1. The van der Waals surface area contributed by atoms with E-state index in [4.69, 9.17) is 5.73 Å². The van der Waals surface area contributed by atoms with E-state index in [0.717, 1.165) is 10.6 Å². The minimum Gasteiger partial charge on any atom is -0.324 e. The Kier molecular flexibility index (Phi) is 5.49. The molecule has 1 unspecified atom stereocenters. The van der Waals surface area contributed by atoms with E-state index >= 15 is 0 Å². The monoisotopic (exact) mass is 292 g/mol. The lowest BCUT2D eigenvalue weighted by atomic mass is 10.1. The van der Waals surface area contributed by atoms with Crippen LogP contribution in [0.1, 0.15) is 39.5 Å². The van der Waals surface area contributed by atoms with E-state index in [-0.39, 0.29) is 11.8 Å². The third kappa shape index (κ3) is 4.00. The first-order valence-corrected chi connectivity index (χ1v) is 8.28. The second kappa shape index (κ2) is 7.14. The number of rotatable bonds is 5. The van der Waals surface area contributed by atoms with Crippen molar-refractivity contribution in [2.45, 2.75) is 55.7 Å². The van der Waals surface area contributed by atoms with Gasteiger partial charge in [-0.05, 0) is 30.9 Å². The summed E-state index contributed by atoms with van der Waals surface area (Å²) >= 11 is 1.88. The van der Waals surface area contributed by atoms with Crippen LogP contribution in [0, 0.1) is 5.92 Å². The van der Waals surface area contributed by atoms with Crippen LogP contribution < -0.4 is 11.1 Å². The number of hydrogen-bond acceptors (Lipinski definition) is 3. The Bertz CT molecular complexity index is 456. The average molecular weight is 292 g/mol. The number of amides is 1. The lowest BCUT2D eigenvalue weighted by Crippen LogP contribution is -2.39. The van der Waals surface area contributed by atoms with Crippen molar-refractivity contribution in [3.63, 3.8) is 0 Å². The lowest BCUT2D eigenvalue weighted by molar-refractivity contribution is -0.118. The van der Waals surface area contributed by atoms with E-state index in [1.807, 2.05) is 43.8 Å². The predicted octanol–water partition coefficient (Wildman–Crippen LogP) is 3.64. The van der Waals surface area contributed by atoms with Crippen LogP contribution in [-0.2, 0) is 4.79 Å². The van der Waals surface area contributed by atoms with Gasteiger partial charge in [0.25, 0.3) is 0 Å². The number of para-hydroxylation sites is 1. The van der Waals surface area contributed by atoms with Crippen LogP contribution in [0.4, 0.5) is 5.69 Å². The molecule has 1 aliphatic carbocycles. The molecule has 2 rings (SSSR count). The summed E-state index contributed by atoms with van der Waals surface area (Å²) in [5.41, 5.74) is 6.80. The first-order chi connectivity index (χ1) is 9.58. The first kappa shape index (κ1) is 15.4. The Labute approximate surface area is 125 Å². The fourth-order valence-corrected chi connectivity index (χ4v) is 3.71. The van der Waals surface area contributed by atoms with E-state index < -0.39 is 6.04 Å². The number of anilines is 1. The van der Waals surface area contributed by atoms with Crippen molar-refractivity contribution in [1.29, 1.82) is 0 Å². The Morgan fingerprint density at radius 2 is 1.95 bits per heavy atom. The summed E-state index contributed by atoms with van der Waals surface area (Å²) in [5.74, 6) is 0.0455. The van der Waals surface area contributed by atoms with Crippen molar-refractivity contribution in [2.24, 2.45) is 11.7 Å². The molecule has 3 N–H and O–H groups in total. The summed E-state index contributed by atoms with van der Waals surface area (Å²) in [4.78, 5) is 13.3. The van der Waals surface area contributed by atoms with Crippen molar-refractivity contribution >= 4 is 23.4 Å². The molecule has 20 heavy (non-hydrogen) atoms. The van der Waals surface area contributed by atoms with Gasteiger partial charge in [-0.1, -0.05) is 38.8 Å². The molecule has 0 bridgehead atoms. The molecular weight excluding hydrogens is 268 g/mol. The van der Waals surface area contributed by atoms with Crippen LogP contribution in [0.3, 0.4) is 0 Å². The topological polar surface area (TPSA) is 55.1 Å². The summed E-state index contributed by atoms with van der Waals surface area (Å²) in [6.07, 6.45) is 5.20. The second-order valence-corrected chi connectivity index (χ2v) is 7.12. The van der Waals surface area contributed by atoms with Crippen LogP contribution >= 0.6 is 11.8 Å². The second-order valence-electron chi connectivity index (χ2n) is 5.78.